The number of nitrogens with zero attached hydrogens (tertiary/aromatic N) is 2. The Balaban J connectivity index is 1.11. The minimum Gasteiger partial charge on any atom is -0.490 e. The molecule has 168 valence electrons. The number of ether oxygens (including phenoxy) is 2. The zero-order chi connectivity index (χ0) is 21.9. The zero-order valence-electron chi connectivity index (χ0n) is 19.1. The van der Waals surface area contributed by atoms with E-state index in [4.69, 9.17) is 9.47 Å². The summed E-state index contributed by atoms with van der Waals surface area (Å²) in [6, 6.07) is 19.5. The van der Waals surface area contributed by atoms with Gasteiger partial charge in [0.1, 0.15) is 17.6 Å². The highest BCUT2D eigenvalue weighted by Gasteiger charge is 2.24. The molecule has 32 heavy (non-hydrogen) atoms. The standard InChI is InChI=1S/C27H33N3O2/c1-19-16-23(29-30(19)2)18-28-22-9-11-24(12-10-22)31-25-13-15-27-21(17-25)8-14-26(32-27)20-6-4-3-5-7-20/h3-7,13,15-17,22,24,26,28H,8-12,14,18H2,1-2H3. The van der Waals surface area contributed by atoms with Crippen LogP contribution >= 0.6 is 0 Å². The summed E-state index contributed by atoms with van der Waals surface area (Å²) in [4.78, 5) is 0. The van der Waals surface area contributed by atoms with Crippen LogP contribution in [0.5, 0.6) is 11.5 Å². The molecule has 0 spiro atoms. The van der Waals surface area contributed by atoms with Crippen molar-refractivity contribution >= 4 is 0 Å². The third kappa shape index (κ3) is 4.83. The van der Waals surface area contributed by atoms with Crippen molar-refractivity contribution in [2.75, 3.05) is 0 Å². The predicted molar refractivity (Wildman–Crippen MR) is 126 cm³/mol. The Bertz CT molecular complexity index is 1020. The maximum atomic E-state index is 6.36. The smallest absolute Gasteiger partial charge is 0.124 e. The Morgan fingerprint density at radius 1 is 1.03 bits per heavy atom. The molecular weight excluding hydrogens is 398 g/mol. The normalized spacial score (nSPS) is 22.8. The van der Waals surface area contributed by atoms with E-state index >= 15 is 0 Å². The monoisotopic (exact) mass is 431 g/mol. The summed E-state index contributed by atoms with van der Waals surface area (Å²) < 4.78 is 14.6. The van der Waals surface area contributed by atoms with Crippen molar-refractivity contribution in [3.63, 3.8) is 0 Å². The first kappa shape index (κ1) is 21.1. The van der Waals surface area contributed by atoms with E-state index < -0.39 is 0 Å². The number of aryl methyl sites for hydroxylation is 3. The van der Waals surface area contributed by atoms with Gasteiger partial charge in [-0.05, 0) is 80.8 Å². The summed E-state index contributed by atoms with van der Waals surface area (Å²) in [6.07, 6.45) is 6.93. The van der Waals surface area contributed by atoms with E-state index in [1.54, 1.807) is 0 Å². The number of hydrogen-bond acceptors (Lipinski definition) is 4. The second-order valence-corrected chi connectivity index (χ2v) is 9.20. The van der Waals surface area contributed by atoms with Gasteiger partial charge in [0.15, 0.2) is 0 Å². The molecule has 2 aliphatic rings. The van der Waals surface area contributed by atoms with Gasteiger partial charge in [-0.3, -0.25) is 4.68 Å². The minimum absolute atomic E-state index is 0.147. The van der Waals surface area contributed by atoms with Crippen molar-refractivity contribution in [1.82, 2.24) is 15.1 Å². The molecule has 1 atom stereocenters. The molecule has 3 aromatic rings. The third-order valence-electron chi connectivity index (χ3n) is 6.86. The van der Waals surface area contributed by atoms with E-state index in [-0.39, 0.29) is 6.10 Å². The fourth-order valence-electron chi connectivity index (χ4n) is 4.89. The highest BCUT2D eigenvalue weighted by Crippen LogP contribution is 2.37. The Labute approximate surface area is 190 Å². The molecule has 5 nitrogen and oxygen atoms in total. The van der Waals surface area contributed by atoms with E-state index in [0.717, 1.165) is 62.3 Å². The molecule has 2 aromatic carbocycles. The molecule has 1 aliphatic carbocycles. The van der Waals surface area contributed by atoms with E-state index in [1.807, 2.05) is 11.7 Å². The van der Waals surface area contributed by atoms with Gasteiger partial charge in [0.05, 0.1) is 11.8 Å². The topological polar surface area (TPSA) is 48.3 Å². The molecule has 2 heterocycles. The molecule has 0 saturated heterocycles. The van der Waals surface area contributed by atoms with E-state index in [0.29, 0.717) is 12.1 Å². The molecule has 5 heteroatoms. The minimum atomic E-state index is 0.147. The molecule has 1 fully saturated rings. The lowest BCUT2D eigenvalue weighted by atomic mass is 9.92. The van der Waals surface area contributed by atoms with Crippen LogP contribution in [-0.2, 0) is 20.0 Å². The molecule has 5 rings (SSSR count). The van der Waals surface area contributed by atoms with Crippen molar-refractivity contribution in [2.24, 2.45) is 7.05 Å². The Kier molecular flexibility index (Phi) is 6.17. The van der Waals surface area contributed by atoms with Gasteiger partial charge in [-0.15, -0.1) is 0 Å². The van der Waals surface area contributed by atoms with Gasteiger partial charge in [-0.2, -0.15) is 5.10 Å². The van der Waals surface area contributed by atoms with Gasteiger partial charge in [0, 0.05) is 25.3 Å². The SMILES string of the molecule is Cc1cc(CNC2CCC(Oc3ccc4c(c3)CCC(c3ccccc3)O4)CC2)nn1C. The zero-order valence-corrected chi connectivity index (χ0v) is 19.1. The molecule has 0 radical (unpaired) electrons. The lowest BCUT2D eigenvalue weighted by molar-refractivity contribution is 0.138. The molecule has 0 bridgehead atoms. The van der Waals surface area contributed by atoms with Crippen LogP contribution in [0.2, 0.25) is 0 Å². The average Bonchev–Trinajstić information content (AvgIpc) is 3.16. The van der Waals surface area contributed by atoms with Crippen LogP contribution < -0.4 is 14.8 Å². The number of rotatable bonds is 6. The highest BCUT2D eigenvalue weighted by molar-refractivity contribution is 5.42. The van der Waals surface area contributed by atoms with Crippen LogP contribution in [0.25, 0.3) is 0 Å². The van der Waals surface area contributed by atoms with Gasteiger partial charge in [-0.1, -0.05) is 30.3 Å². The molecule has 1 N–H and O–H groups in total. The van der Waals surface area contributed by atoms with Crippen molar-refractivity contribution < 1.29 is 9.47 Å². The Morgan fingerprint density at radius 2 is 1.84 bits per heavy atom. The summed E-state index contributed by atoms with van der Waals surface area (Å²) in [5.74, 6) is 1.97. The first-order valence-electron chi connectivity index (χ1n) is 11.9. The number of fused-ring (bicyclic) bond motifs is 1. The Hall–Kier alpha value is -2.79. The summed E-state index contributed by atoms with van der Waals surface area (Å²) in [5, 5.41) is 8.22. The maximum absolute atomic E-state index is 6.36. The van der Waals surface area contributed by atoms with Gasteiger partial charge >= 0.3 is 0 Å². The van der Waals surface area contributed by atoms with Crippen LogP contribution in [0.1, 0.15) is 60.7 Å². The van der Waals surface area contributed by atoms with Gasteiger partial charge in [0.25, 0.3) is 0 Å². The molecule has 0 amide bonds. The average molecular weight is 432 g/mol. The predicted octanol–water partition coefficient (Wildman–Crippen LogP) is 5.27. The summed E-state index contributed by atoms with van der Waals surface area (Å²) in [5.41, 5.74) is 4.83. The number of benzene rings is 2. The molecular formula is C27H33N3O2. The second kappa shape index (κ2) is 9.37. The van der Waals surface area contributed by atoms with Crippen molar-refractivity contribution in [3.05, 3.63) is 77.1 Å². The first-order valence-corrected chi connectivity index (χ1v) is 11.9. The molecule has 1 unspecified atom stereocenters. The van der Waals surface area contributed by atoms with Crippen molar-refractivity contribution in [2.45, 2.75) is 70.2 Å². The second-order valence-electron chi connectivity index (χ2n) is 9.20. The lowest BCUT2D eigenvalue weighted by Crippen LogP contribution is -2.36. The lowest BCUT2D eigenvalue weighted by Gasteiger charge is -2.30. The van der Waals surface area contributed by atoms with Gasteiger partial charge < -0.3 is 14.8 Å². The number of hydrogen-bond donors (Lipinski definition) is 1. The van der Waals surface area contributed by atoms with E-state index in [9.17, 15) is 0 Å². The van der Waals surface area contributed by atoms with Crippen LogP contribution in [0.4, 0.5) is 0 Å². The number of nitrogens with one attached hydrogen (secondary N) is 1. The quantitative estimate of drug-likeness (QED) is 0.577. The Morgan fingerprint density at radius 3 is 2.59 bits per heavy atom. The fraction of sp³-hybridized carbons (Fsp3) is 0.444. The van der Waals surface area contributed by atoms with E-state index in [2.05, 4.69) is 71.9 Å². The third-order valence-corrected chi connectivity index (χ3v) is 6.86. The fourth-order valence-corrected chi connectivity index (χ4v) is 4.89. The van der Waals surface area contributed by atoms with Crippen LogP contribution in [0, 0.1) is 6.92 Å². The van der Waals surface area contributed by atoms with E-state index in [1.165, 1.54) is 16.8 Å². The largest absolute Gasteiger partial charge is 0.490 e. The number of aromatic nitrogens is 2. The molecule has 1 aliphatic heterocycles. The van der Waals surface area contributed by atoms with Crippen LogP contribution in [-0.4, -0.2) is 21.9 Å². The summed E-state index contributed by atoms with van der Waals surface area (Å²) >= 11 is 0. The molecule has 1 aromatic heterocycles. The summed E-state index contributed by atoms with van der Waals surface area (Å²) in [7, 11) is 2.00. The highest BCUT2D eigenvalue weighted by atomic mass is 16.5. The van der Waals surface area contributed by atoms with Crippen molar-refractivity contribution in [1.29, 1.82) is 0 Å². The van der Waals surface area contributed by atoms with Gasteiger partial charge in [-0.25, -0.2) is 0 Å². The van der Waals surface area contributed by atoms with Crippen LogP contribution in [0.15, 0.2) is 54.6 Å². The van der Waals surface area contributed by atoms with Crippen molar-refractivity contribution in [3.8, 4) is 11.5 Å². The maximum Gasteiger partial charge on any atom is 0.124 e. The molecule has 1 saturated carbocycles. The van der Waals surface area contributed by atoms with Gasteiger partial charge in [0.2, 0.25) is 0 Å². The summed E-state index contributed by atoms with van der Waals surface area (Å²) in [6.45, 7) is 2.93. The first-order chi connectivity index (χ1) is 15.6. The van der Waals surface area contributed by atoms with Crippen LogP contribution in [0.3, 0.4) is 0 Å².